The average Bonchev–Trinajstić information content (AvgIpc) is 2.80. The molecule has 6 nitrogen and oxygen atoms in total. The van der Waals surface area contributed by atoms with E-state index in [-0.39, 0.29) is 6.04 Å². The largest absolute Gasteiger partial charge is 0.308 e. The first-order chi connectivity index (χ1) is 9.19. The van der Waals surface area contributed by atoms with Crippen molar-refractivity contribution in [3.63, 3.8) is 0 Å². The van der Waals surface area contributed by atoms with Crippen molar-refractivity contribution < 1.29 is 0 Å². The molecule has 0 aromatic carbocycles. The molecule has 0 spiro atoms. The fourth-order valence-electron chi connectivity index (χ4n) is 1.94. The van der Waals surface area contributed by atoms with Crippen molar-refractivity contribution in [3.8, 4) is 0 Å². The lowest BCUT2D eigenvalue weighted by molar-refractivity contribution is 0.506. The van der Waals surface area contributed by atoms with E-state index < -0.39 is 0 Å². The van der Waals surface area contributed by atoms with Crippen LogP contribution in [0.4, 0.5) is 0 Å². The molecule has 0 saturated carbocycles. The second-order valence-electron chi connectivity index (χ2n) is 4.66. The normalized spacial score (nSPS) is 12.6. The van der Waals surface area contributed by atoms with Crippen LogP contribution in [-0.2, 0) is 13.5 Å². The zero-order valence-corrected chi connectivity index (χ0v) is 11.7. The third kappa shape index (κ3) is 3.82. The highest BCUT2D eigenvalue weighted by Crippen LogP contribution is 2.15. The predicted octanol–water partition coefficient (Wildman–Crippen LogP) is 1.20. The summed E-state index contributed by atoms with van der Waals surface area (Å²) in [4.78, 5) is 5.93. The van der Waals surface area contributed by atoms with E-state index in [0.29, 0.717) is 6.42 Å². The maximum Gasteiger partial charge on any atom is 0.176 e. The zero-order valence-electron chi connectivity index (χ0n) is 11.7. The summed E-state index contributed by atoms with van der Waals surface area (Å²) in [5.41, 5.74) is 2.24. The SMILES string of the molecule is CCCNC(Cc1nnn(C)n1)c1cc(C)ccn1. The number of pyridine rings is 1. The highest BCUT2D eigenvalue weighted by molar-refractivity contribution is 5.18. The fraction of sp³-hybridized carbons (Fsp3) is 0.538. The van der Waals surface area contributed by atoms with Gasteiger partial charge in [0, 0.05) is 12.6 Å². The van der Waals surface area contributed by atoms with Gasteiger partial charge in [-0.1, -0.05) is 6.92 Å². The van der Waals surface area contributed by atoms with Gasteiger partial charge in [0.15, 0.2) is 5.82 Å². The zero-order chi connectivity index (χ0) is 13.7. The molecule has 0 bridgehead atoms. The molecule has 1 unspecified atom stereocenters. The van der Waals surface area contributed by atoms with Gasteiger partial charge in [0.05, 0.1) is 18.8 Å². The number of tetrazole rings is 1. The van der Waals surface area contributed by atoms with Crippen molar-refractivity contribution in [2.75, 3.05) is 6.54 Å². The monoisotopic (exact) mass is 260 g/mol. The van der Waals surface area contributed by atoms with Crippen molar-refractivity contribution in [1.82, 2.24) is 30.5 Å². The summed E-state index contributed by atoms with van der Waals surface area (Å²) in [5, 5.41) is 15.6. The molecule has 0 fully saturated rings. The van der Waals surface area contributed by atoms with Gasteiger partial charge in [-0.25, -0.2) is 0 Å². The molecule has 19 heavy (non-hydrogen) atoms. The van der Waals surface area contributed by atoms with Gasteiger partial charge in [0.1, 0.15) is 0 Å². The molecule has 102 valence electrons. The third-order valence-electron chi connectivity index (χ3n) is 2.87. The van der Waals surface area contributed by atoms with Crippen molar-refractivity contribution in [2.24, 2.45) is 7.05 Å². The van der Waals surface area contributed by atoms with Crippen LogP contribution < -0.4 is 5.32 Å². The maximum absolute atomic E-state index is 4.45. The summed E-state index contributed by atoms with van der Waals surface area (Å²) >= 11 is 0. The van der Waals surface area contributed by atoms with E-state index in [0.717, 1.165) is 24.5 Å². The van der Waals surface area contributed by atoms with Gasteiger partial charge in [0.25, 0.3) is 0 Å². The third-order valence-corrected chi connectivity index (χ3v) is 2.87. The Bertz CT molecular complexity index is 521. The molecular weight excluding hydrogens is 240 g/mol. The lowest BCUT2D eigenvalue weighted by Crippen LogP contribution is -2.25. The topological polar surface area (TPSA) is 68.5 Å². The Morgan fingerprint density at radius 1 is 1.42 bits per heavy atom. The van der Waals surface area contributed by atoms with Gasteiger partial charge in [-0.15, -0.1) is 10.2 Å². The molecule has 0 amide bonds. The number of hydrogen-bond donors (Lipinski definition) is 1. The molecule has 1 atom stereocenters. The van der Waals surface area contributed by atoms with Crippen LogP contribution in [0.15, 0.2) is 18.3 Å². The Morgan fingerprint density at radius 2 is 2.26 bits per heavy atom. The highest BCUT2D eigenvalue weighted by atomic mass is 15.6. The number of nitrogens with zero attached hydrogens (tertiary/aromatic N) is 5. The molecule has 0 radical (unpaired) electrons. The van der Waals surface area contributed by atoms with Crippen LogP contribution in [-0.4, -0.2) is 31.7 Å². The van der Waals surface area contributed by atoms with Gasteiger partial charge in [-0.3, -0.25) is 4.98 Å². The van der Waals surface area contributed by atoms with E-state index in [2.05, 4.69) is 45.6 Å². The first-order valence-electron chi connectivity index (χ1n) is 6.58. The lowest BCUT2D eigenvalue weighted by atomic mass is 10.1. The van der Waals surface area contributed by atoms with E-state index in [1.807, 2.05) is 12.3 Å². The van der Waals surface area contributed by atoms with E-state index in [9.17, 15) is 0 Å². The highest BCUT2D eigenvalue weighted by Gasteiger charge is 2.15. The smallest absolute Gasteiger partial charge is 0.176 e. The molecule has 0 saturated heterocycles. The average molecular weight is 260 g/mol. The van der Waals surface area contributed by atoms with Crippen LogP contribution in [0.2, 0.25) is 0 Å². The van der Waals surface area contributed by atoms with Crippen LogP contribution in [0.25, 0.3) is 0 Å². The Labute approximate surface area is 113 Å². The fourth-order valence-corrected chi connectivity index (χ4v) is 1.94. The summed E-state index contributed by atoms with van der Waals surface area (Å²) in [7, 11) is 1.77. The number of aromatic nitrogens is 5. The molecule has 0 aliphatic rings. The molecule has 2 rings (SSSR count). The summed E-state index contributed by atoms with van der Waals surface area (Å²) in [6.07, 6.45) is 3.62. The van der Waals surface area contributed by atoms with Crippen LogP contribution in [0.1, 0.15) is 36.5 Å². The van der Waals surface area contributed by atoms with Crippen molar-refractivity contribution in [1.29, 1.82) is 0 Å². The number of rotatable bonds is 6. The van der Waals surface area contributed by atoms with Crippen molar-refractivity contribution in [3.05, 3.63) is 35.4 Å². The second kappa shape index (κ2) is 6.38. The Morgan fingerprint density at radius 3 is 2.89 bits per heavy atom. The number of aryl methyl sites for hydroxylation is 2. The maximum atomic E-state index is 4.45. The summed E-state index contributed by atoms with van der Waals surface area (Å²) < 4.78 is 0. The minimum Gasteiger partial charge on any atom is -0.308 e. The number of nitrogens with one attached hydrogen (secondary N) is 1. The Balaban J connectivity index is 2.15. The van der Waals surface area contributed by atoms with E-state index in [4.69, 9.17) is 0 Å². The molecule has 1 N–H and O–H groups in total. The van der Waals surface area contributed by atoms with Crippen LogP contribution in [0.5, 0.6) is 0 Å². The van der Waals surface area contributed by atoms with Gasteiger partial charge in [0.2, 0.25) is 0 Å². The lowest BCUT2D eigenvalue weighted by Gasteiger charge is -2.16. The van der Waals surface area contributed by atoms with E-state index >= 15 is 0 Å². The molecule has 2 heterocycles. The van der Waals surface area contributed by atoms with E-state index in [1.54, 1.807) is 7.05 Å². The van der Waals surface area contributed by atoms with Crippen molar-refractivity contribution in [2.45, 2.75) is 32.7 Å². The number of hydrogen-bond acceptors (Lipinski definition) is 5. The summed E-state index contributed by atoms with van der Waals surface area (Å²) in [5.74, 6) is 0.736. The molecule has 0 aliphatic heterocycles. The van der Waals surface area contributed by atoms with Crippen LogP contribution >= 0.6 is 0 Å². The Hall–Kier alpha value is -1.82. The van der Waals surface area contributed by atoms with Crippen LogP contribution in [0.3, 0.4) is 0 Å². The van der Waals surface area contributed by atoms with E-state index in [1.165, 1.54) is 10.4 Å². The van der Waals surface area contributed by atoms with Gasteiger partial charge >= 0.3 is 0 Å². The first-order valence-corrected chi connectivity index (χ1v) is 6.58. The molecule has 2 aromatic rings. The summed E-state index contributed by atoms with van der Waals surface area (Å²) in [6, 6.07) is 4.23. The molecule has 6 heteroatoms. The van der Waals surface area contributed by atoms with Gasteiger partial charge < -0.3 is 5.32 Å². The van der Waals surface area contributed by atoms with Crippen LogP contribution in [0, 0.1) is 6.92 Å². The minimum atomic E-state index is 0.129. The molecular formula is C13H20N6. The first kappa shape index (κ1) is 13.6. The Kier molecular flexibility index (Phi) is 4.57. The molecule has 2 aromatic heterocycles. The van der Waals surface area contributed by atoms with Crippen molar-refractivity contribution >= 4 is 0 Å². The standard InChI is InChI=1S/C13H20N6/c1-4-6-14-12(9-13-16-18-19(3)17-13)11-8-10(2)5-7-15-11/h5,7-8,12,14H,4,6,9H2,1-3H3. The summed E-state index contributed by atoms with van der Waals surface area (Å²) in [6.45, 7) is 5.16. The van der Waals surface area contributed by atoms with Gasteiger partial charge in [-0.2, -0.15) is 4.80 Å². The quantitative estimate of drug-likeness (QED) is 0.845. The predicted molar refractivity (Wildman–Crippen MR) is 72.5 cm³/mol. The van der Waals surface area contributed by atoms with Gasteiger partial charge in [-0.05, 0) is 42.8 Å². The minimum absolute atomic E-state index is 0.129. The molecule has 0 aliphatic carbocycles. The second-order valence-corrected chi connectivity index (χ2v) is 4.66.